The van der Waals surface area contributed by atoms with Crippen LogP contribution in [-0.4, -0.2) is 12.2 Å². The summed E-state index contributed by atoms with van der Waals surface area (Å²) in [7, 11) is 1.67. The Kier molecular flexibility index (Phi) is 4.49. The molecule has 0 saturated heterocycles. The number of hydrogen-bond donors (Lipinski definition) is 1. The fourth-order valence-corrected chi connectivity index (χ4v) is 3.66. The van der Waals surface area contributed by atoms with E-state index in [9.17, 15) is 5.11 Å². The van der Waals surface area contributed by atoms with Crippen molar-refractivity contribution in [2.24, 2.45) is 5.92 Å². The summed E-state index contributed by atoms with van der Waals surface area (Å²) in [6.07, 6.45) is 4.99. The predicted molar refractivity (Wildman–Crippen MR) is 89.0 cm³/mol. The Morgan fingerprint density at radius 3 is 2.73 bits per heavy atom. The first-order valence-corrected chi connectivity index (χ1v) is 8.10. The van der Waals surface area contributed by atoms with E-state index in [1.807, 2.05) is 24.3 Å². The molecule has 2 aromatic rings. The quantitative estimate of drug-likeness (QED) is 0.910. The van der Waals surface area contributed by atoms with Gasteiger partial charge in [0.1, 0.15) is 5.75 Å². The van der Waals surface area contributed by atoms with Crippen LogP contribution in [-0.2, 0) is 12.0 Å². The molecule has 3 rings (SSSR count). The van der Waals surface area contributed by atoms with Gasteiger partial charge in [-0.25, -0.2) is 0 Å². The van der Waals surface area contributed by atoms with Crippen molar-refractivity contribution in [2.75, 3.05) is 7.11 Å². The molecule has 2 aromatic carbocycles. The largest absolute Gasteiger partial charge is 0.497 e. The molecule has 22 heavy (non-hydrogen) atoms. The highest BCUT2D eigenvalue weighted by atomic mass is 16.5. The van der Waals surface area contributed by atoms with Gasteiger partial charge < -0.3 is 9.84 Å². The van der Waals surface area contributed by atoms with E-state index < -0.39 is 5.60 Å². The summed E-state index contributed by atoms with van der Waals surface area (Å²) in [5.41, 5.74) is 1.64. The van der Waals surface area contributed by atoms with Crippen molar-refractivity contribution in [2.45, 2.75) is 37.7 Å². The van der Waals surface area contributed by atoms with Crippen molar-refractivity contribution < 1.29 is 9.84 Å². The van der Waals surface area contributed by atoms with Gasteiger partial charge in [-0.2, -0.15) is 0 Å². The van der Waals surface area contributed by atoms with E-state index in [-0.39, 0.29) is 0 Å². The van der Waals surface area contributed by atoms with Crippen LogP contribution in [0.3, 0.4) is 0 Å². The smallest absolute Gasteiger partial charge is 0.119 e. The van der Waals surface area contributed by atoms with Crippen LogP contribution in [0.25, 0.3) is 0 Å². The van der Waals surface area contributed by atoms with E-state index in [1.165, 1.54) is 12.0 Å². The Morgan fingerprint density at radius 2 is 1.95 bits per heavy atom. The van der Waals surface area contributed by atoms with Crippen molar-refractivity contribution in [1.29, 1.82) is 0 Å². The van der Waals surface area contributed by atoms with Gasteiger partial charge in [0.2, 0.25) is 0 Å². The molecular weight excluding hydrogens is 272 g/mol. The fourth-order valence-electron chi connectivity index (χ4n) is 3.66. The molecular formula is C20H24O2. The summed E-state index contributed by atoms with van der Waals surface area (Å²) in [6.45, 7) is 0. The molecule has 2 unspecified atom stereocenters. The zero-order valence-corrected chi connectivity index (χ0v) is 13.2. The van der Waals surface area contributed by atoms with Gasteiger partial charge >= 0.3 is 0 Å². The molecule has 1 aliphatic rings. The first-order chi connectivity index (χ1) is 10.7. The zero-order chi connectivity index (χ0) is 15.4. The highest BCUT2D eigenvalue weighted by Gasteiger charge is 2.36. The molecule has 2 heteroatoms. The molecule has 0 spiro atoms. The minimum absolute atomic E-state index is 0.535. The predicted octanol–water partition coefficient (Wildman–Crippen LogP) is 4.32. The van der Waals surface area contributed by atoms with Crippen molar-refractivity contribution in [3.05, 3.63) is 65.7 Å². The van der Waals surface area contributed by atoms with E-state index in [4.69, 9.17) is 4.74 Å². The standard InChI is InChI=1S/C20H24O2/c1-22-19-11-5-10-18(14-19)20(21)12-6-9-17(15-20)13-16-7-3-2-4-8-16/h2-5,7-8,10-11,14,17,21H,6,9,12-13,15H2,1H3. The number of rotatable bonds is 4. The molecule has 1 saturated carbocycles. The monoisotopic (exact) mass is 296 g/mol. The zero-order valence-electron chi connectivity index (χ0n) is 13.2. The maximum atomic E-state index is 11.2. The summed E-state index contributed by atoms with van der Waals surface area (Å²) < 4.78 is 5.30. The third kappa shape index (κ3) is 3.33. The second kappa shape index (κ2) is 6.53. The van der Waals surface area contributed by atoms with Crippen LogP contribution < -0.4 is 4.74 Å². The highest BCUT2D eigenvalue weighted by molar-refractivity contribution is 5.32. The lowest BCUT2D eigenvalue weighted by Crippen LogP contribution is -2.33. The number of benzene rings is 2. The summed E-state index contributed by atoms with van der Waals surface area (Å²) in [6, 6.07) is 18.5. The van der Waals surface area contributed by atoms with Crippen LogP contribution in [0.15, 0.2) is 54.6 Å². The van der Waals surface area contributed by atoms with Gasteiger partial charge in [-0.05, 0) is 61.3 Å². The molecule has 1 N–H and O–H groups in total. The number of hydrogen-bond acceptors (Lipinski definition) is 2. The Bertz CT molecular complexity index is 608. The average molecular weight is 296 g/mol. The summed E-state index contributed by atoms with van der Waals surface area (Å²) in [4.78, 5) is 0. The molecule has 0 radical (unpaired) electrons. The van der Waals surface area contributed by atoms with Gasteiger partial charge in [-0.1, -0.05) is 42.5 Å². The molecule has 0 aromatic heterocycles. The summed E-state index contributed by atoms with van der Waals surface area (Å²) >= 11 is 0. The Hall–Kier alpha value is -1.80. The first-order valence-electron chi connectivity index (χ1n) is 8.10. The van der Waals surface area contributed by atoms with Crippen molar-refractivity contribution in [3.63, 3.8) is 0 Å². The third-order valence-corrected chi connectivity index (χ3v) is 4.80. The second-order valence-corrected chi connectivity index (χ2v) is 6.42. The van der Waals surface area contributed by atoms with Crippen molar-refractivity contribution in [1.82, 2.24) is 0 Å². The lowest BCUT2D eigenvalue weighted by molar-refractivity contribution is -0.0211. The topological polar surface area (TPSA) is 29.5 Å². The second-order valence-electron chi connectivity index (χ2n) is 6.42. The van der Waals surface area contributed by atoms with Gasteiger partial charge in [-0.3, -0.25) is 0 Å². The van der Waals surface area contributed by atoms with Crippen LogP contribution >= 0.6 is 0 Å². The minimum atomic E-state index is -0.716. The Morgan fingerprint density at radius 1 is 1.14 bits per heavy atom. The normalized spacial score (nSPS) is 24.9. The lowest BCUT2D eigenvalue weighted by atomic mass is 9.72. The maximum absolute atomic E-state index is 11.2. The average Bonchev–Trinajstić information content (AvgIpc) is 2.56. The van der Waals surface area contributed by atoms with E-state index in [0.29, 0.717) is 5.92 Å². The van der Waals surface area contributed by atoms with Gasteiger partial charge in [0.05, 0.1) is 12.7 Å². The third-order valence-electron chi connectivity index (χ3n) is 4.80. The van der Waals surface area contributed by atoms with Crippen LogP contribution in [0, 0.1) is 5.92 Å². The van der Waals surface area contributed by atoms with E-state index >= 15 is 0 Å². The fraction of sp³-hybridized carbons (Fsp3) is 0.400. The lowest BCUT2D eigenvalue weighted by Gasteiger charge is -2.37. The Balaban J connectivity index is 1.76. The maximum Gasteiger partial charge on any atom is 0.119 e. The molecule has 1 fully saturated rings. The van der Waals surface area contributed by atoms with Gasteiger partial charge in [0, 0.05) is 0 Å². The first kappa shape index (κ1) is 15.1. The minimum Gasteiger partial charge on any atom is -0.497 e. The molecule has 1 aliphatic carbocycles. The van der Waals surface area contributed by atoms with Crippen molar-refractivity contribution >= 4 is 0 Å². The van der Waals surface area contributed by atoms with Gasteiger partial charge in [-0.15, -0.1) is 0 Å². The molecule has 0 heterocycles. The molecule has 0 aliphatic heterocycles. The number of ether oxygens (including phenoxy) is 1. The molecule has 2 atom stereocenters. The van der Waals surface area contributed by atoms with Gasteiger partial charge in [0.25, 0.3) is 0 Å². The highest BCUT2D eigenvalue weighted by Crippen LogP contribution is 2.41. The molecule has 0 amide bonds. The van der Waals surface area contributed by atoms with Gasteiger partial charge in [0.15, 0.2) is 0 Å². The number of methoxy groups -OCH3 is 1. The Labute approximate surface area is 132 Å². The van der Waals surface area contributed by atoms with Crippen molar-refractivity contribution in [3.8, 4) is 5.75 Å². The summed E-state index contributed by atoms with van der Waals surface area (Å²) in [5, 5.41) is 11.2. The summed E-state index contributed by atoms with van der Waals surface area (Å²) in [5.74, 6) is 1.35. The number of aliphatic hydroxyl groups is 1. The SMILES string of the molecule is COc1cccc(C2(O)CCCC(Cc3ccccc3)C2)c1. The van der Waals surface area contributed by atoms with E-state index in [0.717, 1.165) is 37.0 Å². The van der Waals surface area contributed by atoms with Crippen LogP contribution in [0.2, 0.25) is 0 Å². The molecule has 116 valence electrons. The van der Waals surface area contributed by atoms with Crippen LogP contribution in [0.5, 0.6) is 5.75 Å². The van der Waals surface area contributed by atoms with Crippen LogP contribution in [0.4, 0.5) is 0 Å². The van der Waals surface area contributed by atoms with E-state index in [1.54, 1.807) is 7.11 Å². The molecule has 2 nitrogen and oxygen atoms in total. The van der Waals surface area contributed by atoms with Crippen LogP contribution in [0.1, 0.15) is 36.8 Å². The van der Waals surface area contributed by atoms with E-state index in [2.05, 4.69) is 30.3 Å². The molecule has 0 bridgehead atoms.